The van der Waals surface area contributed by atoms with E-state index < -0.39 is 0 Å². The van der Waals surface area contributed by atoms with Crippen molar-refractivity contribution in [3.8, 4) is 0 Å². The van der Waals surface area contributed by atoms with Gasteiger partial charge in [-0.15, -0.1) is 0 Å². The third kappa shape index (κ3) is 3.81. The molecule has 0 bridgehead atoms. The van der Waals surface area contributed by atoms with Crippen molar-refractivity contribution in [3.63, 3.8) is 0 Å². The smallest absolute Gasteiger partial charge is 0.0832 e. The first-order valence-electron chi connectivity index (χ1n) is 7.10. The van der Waals surface area contributed by atoms with Gasteiger partial charge >= 0.3 is 0 Å². The van der Waals surface area contributed by atoms with Gasteiger partial charge in [-0.05, 0) is 55.1 Å². The molecule has 0 spiro atoms. The molecule has 18 heavy (non-hydrogen) atoms. The van der Waals surface area contributed by atoms with Gasteiger partial charge in [0, 0.05) is 12.6 Å². The van der Waals surface area contributed by atoms with Crippen LogP contribution in [-0.4, -0.2) is 24.8 Å². The molecule has 0 aliphatic carbocycles. The lowest BCUT2D eigenvalue weighted by Crippen LogP contribution is -2.53. The predicted octanol–water partition coefficient (Wildman–Crippen LogP) is 3.86. The van der Waals surface area contributed by atoms with Gasteiger partial charge in [-0.25, -0.2) is 0 Å². The van der Waals surface area contributed by atoms with Crippen molar-refractivity contribution in [3.05, 3.63) is 22.4 Å². The van der Waals surface area contributed by atoms with E-state index in [9.17, 15) is 0 Å². The highest BCUT2D eigenvalue weighted by Gasteiger charge is 2.35. The van der Waals surface area contributed by atoms with E-state index in [0.29, 0.717) is 6.04 Å². The predicted molar refractivity (Wildman–Crippen MR) is 80.4 cm³/mol. The minimum absolute atomic E-state index is 0.0350. The van der Waals surface area contributed by atoms with Crippen LogP contribution < -0.4 is 5.32 Å². The van der Waals surface area contributed by atoms with Gasteiger partial charge in [0.1, 0.15) is 0 Å². The van der Waals surface area contributed by atoms with Crippen LogP contribution in [0.5, 0.6) is 0 Å². The topological polar surface area (TPSA) is 21.3 Å². The van der Waals surface area contributed by atoms with Crippen LogP contribution >= 0.6 is 11.3 Å². The molecule has 2 nitrogen and oxygen atoms in total. The van der Waals surface area contributed by atoms with E-state index >= 15 is 0 Å². The van der Waals surface area contributed by atoms with Crippen LogP contribution in [0.15, 0.2) is 16.8 Å². The van der Waals surface area contributed by atoms with Crippen molar-refractivity contribution in [1.29, 1.82) is 0 Å². The molecule has 1 atom stereocenters. The van der Waals surface area contributed by atoms with Gasteiger partial charge in [0.15, 0.2) is 0 Å². The van der Waals surface area contributed by atoms with Crippen molar-refractivity contribution in [2.75, 3.05) is 13.2 Å². The molecule has 1 N–H and O–H groups in total. The second-order valence-electron chi connectivity index (χ2n) is 4.65. The van der Waals surface area contributed by atoms with Gasteiger partial charge in [0.05, 0.1) is 5.60 Å². The summed E-state index contributed by atoms with van der Waals surface area (Å²) in [4.78, 5) is 0. The molecule has 1 rings (SSSR count). The maximum Gasteiger partial charge on any atom is 0.0832 e. The second-order valence-corrected chi connectivity index (χ2v) is 5.43. The SMILES string of the molecule is CCNC(Cc1ccsc1)C(CC)(CC)OCC. The number of ether oxygens (including phenoxy) is 1. The Morgan fingerprint density at radius 3 is 2.44 bits per heavy atom. The molecule has 0 aromatic carbocycles. The first kappa shape index (κ1) is 15.7. The third-order valence-electron chi connectivity index (χ3n) is 3.73. The van der Waals surface area contributed by atoms with E-state index in [2.05, 4.69) is 49.8 Å². The number of hydrogen-bond donors (Lipinski definition) is 1. The Labute approximate surface area is 116 Å². The van der Waals surface area contributed by atoms with Gasteiger partial charge in [-0.2, -0.15) is 11.3 Å². The molecule has 0 aliphatic heterocycles. The first-order chi connectivity index (χ1) is 8.72. The summed E-state index contributed by atoms with van der Waals surface area (Å²) in [6.07, 6.45) is 3.16. The Balaban J connectivity index is 2.85. The van der Waals surface area contributed by atoms with Gasteiger partial charge in [-0.3, -0.25) is 0 Å². The van der Waals surface area contributed by atoms with E-state index in [-0.39, 0.29) is 5.60 Å². The molecule has 1 aromatic rings. The molecular weight excluding hydrogens is 242 g/mol. The minimum Gasteiger partial charge on any atom is -0.374 e. The summed E-state index contributed by atoms with van der Waals surface area (Å²) in [5, 5.41) is 8.02. The lowest BCUT2D eigenvalue weighted by molar-refractivity contribution is -0.0715. The quantitative estimate of drug-likeness (QED) is 0.735. The zero-order valence-electron chi connectivity index (χ0n) is 12.2. The number of thiophene rings is 1. The fraction of sp³-hybridized carbons (Fsp3) is 0.733. The molecule has 0 saturated carbocycles. The standard InChI is InChI=1S/C15H27NOS/c1-5-15(6-2,17-8-4)14(16-7-3)11-13-9-10-18-12-13/h9-10,12,14,16H,5-8,11H2,1-4H3. The van der Waals surface area contributed by atoms with Crippen LogP contribution in [0, 0.1) is 0 Å². The zero-order valence-corrected chi connectivity index (χ0v) is 13.0. The van der Waals surface area contributed by atoms with Crippen LogP contribution in [0.4, 0.5) is 0 Å². The first-order valence-corrected chi connectivity index (χ1v) is 8.05. The molecule has 0 aliphatic rings. The van der Waals surface area contributed by atoms with Gasteiger partial charge in [-0.1, -0.05) is 20.8 Å². The zero-order chi connectivity index (χ0) is 13.4. The highest BCUT2D eigenvalue weighted by molar-refractivity contribution is 7.07. The highest BCUT2D eigenvalue weighted by Crippen LogP contribution is 2.28. The largest absolute Gasteiger partial charge is 0.374 e. The van der Waals surface area contributed by atoms with E-state index in [4.69, 9.17) is 4.74 Å². The van der Waals surface area contributed by atoms with Crippen LogP contribution in [-0.2, 0) is 11.2 Å². The minimum atomic E-state index is -0.0350. The number of nitrogens with one attached hydrogen (secondary N) is 1. The number of hydrogen-bond acceptors (Lipinski definition) is 3. The fourth-order valence-corrected chi connectivity index (χ4v) is 3.35. The van der Waals surface area contributed by atoms with Crippen LogP contribution in [0.25, 0.3) is 0 Å². The summed E-state index contributed by atoms with van der Waals surface area (Å²) >= 11 is 1.77. The van der Waals surface area contributed by atoms with Gasteiger partial charge < -0.3 is 10.1 Å². The molecule has 0 amide bonds. The molecular formula is C15H27NOS. The second kappa shape index (κ2) is 7.93. The lowest BCUT2D eigenvalue weighted by atomic mass is 9.84. The average molecular weight is 269 g/mol. The van der Waals surface area contributed by atoms with Crippen molar-refractivity contribution >= 4 is 11.3 Å². The molecule has 0 fully saturated rings. The molecule has 1 unspecified atom stereocenters. The van der Waals surface area contributed by atoms with Crippen molar-refractivity contribution < 1.29 is 4.74 Å². The van der Waals surface area contributed by atoms with Crippen molar-refractivity contribution in [2.45, 2.75) is 58.6 Å². The van der Waals surface area contributed by atoms with Crippen LogP contribution in [0.3, 0.4) is 0 Å². The molecule has 1 aromatic heterocycles. The normalized spacial score (nSPS) is 13.8. The Bertz CT molecular complexity index is 306. The van der Waals surface area contributed by atoms with E-state index in [1.807, 2.05) is 0 Å². The van der Waals surface area contributed by atoms with Crippen molar-refractivity contribution in [2.24, 2.45) is 0 Å². The van der Waals surface area contributed by atoms with E-state index in [1.165, 1.54) is 5.56 Å². The lowest BCUT2D eigenvalue weighted by Gasteiger charge is -2.40. The molecule has 0 radical (unpaired) electrons. The molecule has 0 saturated heterocycles. The average Bonchev–Trinajstić information content (AvgIpc) is 2.89. The van der Waals surface area contributed by atoms with Gasteiger partial charge in [0.25, 0.3) is 0 Å². The summed E-state index contributed by atoms with van der Waals surface area (Å²) in [5.74, 6) is 0. The summed E-state index contributed by atoms with van der Waals surface area (Å²) in [6, 6.07) is 2.61. The summed E-state index contributed by atoms with van der Waals surface area (Å²) < 4.78 is 6.13. The maximum absolute atomic E-state index is 6.13. The van der Waals surface area contributed by atoms with Crippen LogP contribution in [0.2, 0.25) is 0 Å². The fourth-order valence-electron chi connectivity index (χ4n) is 2.67. The van der Waals surface area contributed by atoms with E-state index in [1.54, 1.807) is 11.3 Å². The third-order valence-corrected chi connectivity index (χ3v) is 4.47. The Hall–Kier alpha value is -0.380. The maximum atomic E-state index is 6.13. The summed E-state index contributed by atoms with van der Waals surface area (Å²) in [5.41, 5.74) is 1.38. The molecule has 3 heteroatoms. The molecule has 1 heterocycles. The summed E-state index contributed by atoms with van der Waals surface area (Å²) in [7, 11) is 0. The molecule has 104 valence electrons. The Kier molecular flexibility index (Phi) is 6.90. The van der Waals surface area contributed by atoms with Crippen LogP contribution in [0.1, 0.15) is 46.1 Å². The Morgan fingerprint density at radius 1 is 1.28 bits per heavy atom. The highest BCUT2D eigenvalue weighted by atomic mass is 32.1. The van der Waals surface area contributed by atoms with E-state index in [0.717, 1.165) is 32.4 Å². The van der Waals surface area contributed by atoms with Crippen molar-refractivity contribution in [1.82, 2.24) is 5.32 Å². The van der Waals surface area contributed by atoms with Gasteiger partial charge in [0.2, 0.25) is 0 Å². The number of likely N-dealkylation sites (N-methyl/N-ethyl adjacent to an activating group) is 1. The Morgan fingerprint density at radius 2 is 2.00 bits per heavy atom. The monoisotopic (exact) mass is 269 g/mol. The summed E-state index contributed by atoms with van der Waals surface area (Å²) in [6.45, 7) is 10.5. The number of rotatable bonds is 9.